The van der Waals surface area contributed by atoms with Gasteiger partial charge in [0, 0.05) is 18.5 Å². The molecule has 0 unspecified atom stereocenters. The molecule has 0 bridgehead atoms. The van der Waals surface area contributed by atoms with Gasteiger partial charge in [-0.3, -0.25) is 4.90 Å². The molecule has 106 valence electrons. The maximum absolute atomic E-state index is 8.72. The average molecular weight is 257 g/mol. The van der Waals surface area contributed by atoms with Crippen molar-refractivity contribution < 1.29 is 9.94 Å². The molecule has 1 heterocycles. The molecule has 0 spiro atoms. The molecule has 0 aliphatic carbocycles. The Morgan fingerprint density at radius 2 is 1.94 bits per heavy atom. The van der Waals surface area contributed by atoms with E-state index in [0.29, 0.717) is 18.0 Å². The fourth-order valence-corrected chi connectivity index (χ4v) is 2.47. The van der Waals surface area contributed by atoms with Gasteiger partial charge in [0.2, 0.25) is 0 Å². The Morgan fingerprint density at radius 1 is 1.39 bits per heavy atom. The predicted molar refractivity (Wildman–Crippen MR) is 72.9 cm³/mol. The first kappa shape index (κ1) is 15.2. The van der Waals surface area contributed by atoms with Crippen molar-refractivity contribution in [3.05, 3.63) is 0 Å². The van der Waals surface area contributed by atoms with Gasteiger partial charge in [-0.2, -0.15) is 0 Å². The van der Waals surface area contributed by atoms with Crippen LogP contribution in [0.25, 0.3) is 0 Å². The van der Waals surface area contributed by atoms with Crippen molar-refractivity contribution in [2.24, 2.45) is 16.3 Å². The van der Waals surface area contributed by atoms with Gasteiger partial charge in [0.05, 0.1) is 12.2 Å². The van der Waals surface area contributed by atoms with E-state index in [0.717, 1.165) is 32.5 Å². The van der Waals surface area contributed by atoms with E-state index in [1.807, 2.05) is 13.8 Å². The van der Waals surface area contributed by atoms with Crippen molar-refractivity contribution in [2.75, 3.05) is 19.6 Å². The highest BCUT2D eigenvalue weighted by atomic mass is 16.5. The van der Waals surface area contributed by atoms with Crippen molar-refractivity contribution in [3.63, 3.8) is 0 Å². The van der Waals surface area contributed by atoms with Crippen LogP contribution < -0.4 is 5.73 Å². The summed E-state index contributed by atoms with van der Waals surface area (Å²) < 4.78 is 5.71. The zero-order valence-electron chi connectivity index (χ0n) is 12.0. The highest BCUT2D eigenvalue weighted by Crippen LogP contribution is 2.23. The molecule has 1 aliphatic heterocycles. The Labute approximate surface area is 110 Å². The van der Waals surface area contributed by atoms with Crippen molar-refractivity contribution in [3.8, 4) is 0 Å². The Balaban J connectivity index is 2.33. The minimum absolute atomic E-state index is 0.238. The molecular weight excluding hydrogens is 230 g/mol. The largest absolute Gasteiger partial charge is 0.409 e. The van der Waals surface area contributed by atoms with Crippen LogP contribution in [-0.2, 0) is 4.74 Å². The average Bonchev–Trinajstić information content (AvgIpc) is 2.26. The van der Waals surface area contributed by atoms with Crippen molar-refractivity contribution in [2.45, 2.75) is 52.7 Å². The summed E-state index contributed by atoms with van der Waals surface area (Å²) in [6.45, 7) is 11.3. The molecule has 0 aromatic carbocycles. The SMILES string of the molecule is C[C@@H]1CN(CCCC(C)(C)C(N)=NO)C[C@H](C)O1. The number of nitrogens with two attached hydrogens (primary N) is 1. The predicted octanol–water partition coefficient (Wildman–Crippen LogP) is 1.65. The van der Waals surface area contributed by atoms with Gasteiger partial charge in [-0.15, -0.1) is 0 Å². The molecule has 5 nitrogen and oxygen atoms in total. The topological polar surface area (TPSA) is 71.1 Å². The second-order valence-electron chi connectivity index (χ2n) is 5.99. The van der Waals surface area contributed by atoms with E-state index in [1.54, 1.807) is 0 Å². The number of oxime groups is 1. The summed E-state index contributed by atoms with van der Waals surface area (Å²) in [5.74, 6) is 0.311. The molecule has 1 fully saturated rings. The molecule has 0 saturated carbocycles. The van der Waals surface area contributed by atoms with Gasteiger partial charge in [-0.05, 0) is 33.2 Å². The van der Waals surface area contributed by atoms with Crippen LogP contribution in [0.4, 0.5) is 0 Å². The van der Waals surface area contributed by atoms with E-state index in [2.05, 4.69) is 23.9 Å². The lowest BCUT2D eigenvalue weighted by atomic mass is 9.86. The zero-order valence-corrected chi connectivity index (χ0v) is 12.0. The van der Waals surface area contributed by atoms with Crippen LogP contribution in [0.15, 0.2) is 5.16 Å². The Kier molecular flexibility index (Phi) is 5.41. The van der Waals surface area contributed by atoms with Gasteiger partial charge in [-0.1, -0.05) is 19.0 Å². The lowest BCUT2D eigenvalue weighted by Crippen LogP contribution is -2.46. The molecule has 0 amide bonds. The third kappa shape index (κ3) is 4.46. The summed E-state index contributed by atoms with van der Waals surface area (Å²) in [7, 11) is 0. The summed E-state index contributed by atoms with van der Waals surface area (Å²) in [6.07, 6.45) is 2.59. The van der Waals surface area contributed by atoms with Crippen LogP contribution in [-0.4, -0.2) is 47.8 Å². The van der Waals surface area contributed by atoms with Crippen LogP contribution in [0.2, 0.25) is 0 Å². The van der Waals surface area contributed by atoms with E-state index < -0.39 is 0 Å². The fourth-order valence-electron chi connectivity index (χ4n) is 2.47. The number of ether oxygens (including phenoxy) is 1. The molecular formula is C13H27N3O2. The van der Waals surface area contributed by atoms with Gasteiger partial charge in [0.15, 0.2) is 0 Å². The number of morpholine rings is 1. The minimum Gasteiger partial charge on any atom is -0.409 e. The second kappa shape index (κ2) is 6.38. The minimum atomic E-state index is -0.238. The van der Waals surface area contributed by atoms with Gasteiger partial charge in [-0.25, -0.2) is 0 Å². The number of amidine groups is 1. The highest BCUT2D eigenvalue weighted by molar-refractivity contribution is 5.85. The maximum Gasteiger partial charge on any atom is 0.144 e. The first-order valence-corrected chi connectivity index (χ1v) is 6.71. The number of nitrogens with zero attached hydrogens (tertiary/aromatic N) is 2. The normalized spacial score (nSPS) is 27.4. The van der Waals surface area contributed by atoms with E-state index in [4.69, 9.17) is 15.7 Å². The van der Waals surface area contributed by atoms with Crippen LogP contribution in [0, 0.1) is 5.41 Å². The summed E-state index contributed by atoms with van der Waals surface area (Å²) in [5.41, 5.74) is 5.44. The Bertz CT molecular complexity index is 282. The Hall–Kier alpha value is -0.810. The highest BCUT2D eigenvalue weighted by Gasteiger charge is 2.25. The van der Waals surface area contributed by atoms with Gasteiger partial charge in [0.25, 0.3) is 0 Å². The molecule has 2 atom stereocenters. The molecule has 0 aromatic heterocycles. The second-order valence-corrected chi connectivity index (χ2v) is 5.99. The van der Waals surface area contributed by atoms with Crippen molar-refractivity contribution in [1.82, 2.24) is 4.90 Å². The summed E-state index contributed by atoms with van der Waals surface area (Å²) in [4.78, 5) is 2.43. The Morgan fingerprint density at radius 3 is 2.44 bits per heavy atom. The van der Waals surface area contributed by atoms with E-state index in [-0.39, 0.29) is 5.41 Å². The van der Waals surface area contributed by atoms with Crippen LogP contribution in [0.3, 0.4) is 0 Å². The fraction of sp³-hybridized carbons (Fsp3) is 0.923. The van der Waals surface area contributed by atoms with Crippen LogP contribution >= 0.6 is 0 Å². The summed E-state index contributed by atoms with van der Waals surface area (Å²) in [5, 5.41) is 11.8. The quantitative estimate of drug-likeness (QED) is 0.340. The third-order valence-corrected chi connectivity index (χ3v) is 3.57. The molecule has 5 heteroatoms. The first-order chi connectivity index (χ1) is 8.35. The number of rotatable bonds is 5. The molecule has 18 heavy (non-hydrogen) atoms. The summed E-state index contributed by atoms with van der Waals surface area (Å²) in [6, 6.07) is 0. The van der Waals surface area contributed by atoms with E-state index in [9.17, 15) is 0 Å². The smallest absolute Gasteiger partial charge is 0.144 e. The molecule has 0 aromatic rings. The van der Waals surface area contributed by atoms with Crippen molar-refractivity contribution >= 4 is 5.84 Å². The van der Waals surface area contributed by atoms with Gasteiger partial charge in [0.1, 0.15) is 5.84 Å². The maximum atomic E-state index is 8.72. The zero-order chi connectivity index (χ0) is 13.8. The monoisotopic (exact) mass is 257 g/mol. The molecule has 3 N–H and O–H groups in total. The molecule has 1 aliphatic rings. The van der Waals surface area contributed by atoms with Crippen LogP contribution in [0.5, 0.6) is 0 Å². The van der Waals surface area contributed by atoms with E-state index >= 15 is 0 Å². The lowest BCUT2D eigenvalue weighted by molar-refractivity contribution is -0.0684. The first-order valence-electron chi connectivity index (χ1n) is 6.71. The van der Waals surface area contributed by atoms with Crippen molar-refractivity contribution in [1.29, 1.82) is 0 Å². The molecule has 1 rings (SSSR count). The molecule has 0 radical (unpaired) electrons. The summed E-state index contributed by atoms with van der Waals surface area (Å²) >= 11 is 0. The lowest BCUT2D eigenvalue weighted by Gasteiger charge is -2.35. The number of hydrogen-bond acceptors (Lipinski definition) is 4. The van der Waals surface area contributed by atoms with Gasteiger partial charge >= 0.3 is 0 Å². The standard InChI is InChI=1S/C13H27N3O2/c1-10-8-16(9-11(2)18-10)7-5-6-13(3,4)12(14)15-17/h10-11,17H,5-9H2,1-4H3,(H2,14,15)/t10-,11+. The number of hydrogen-bond donors (Lipinski definition) is 2. The van der Waals surface area contributed by atoms with Gasteiger partial charge < -0.3 is 15.7 Å². The van der Waals surface area contributed by atoms with E-state index in [1.165, 1.54) is 0 Å². The van der Waals surface area contributed by atoms with Crippen LogP contribution in [0.1, 0.15) is 40.5 Å². The third-order valence-electron chi connectivity index (χ3n) is 3.57. The molecule has 1 saturated heterocycles.